The van der Waals surface area contributed by atoms with Crippen LogP contribution in [0.2, 0.25) is 0 Å². The van der Waals surface area contributed by atoms with Crippen LogP contribution in [0.1, 0.15) is 5.56 Å². The van der Waals surface area contributed by atoms with Crippen molar-refractivity contribution in [2.24, 2.45) is 0 Å². The van der Waals surface area contributed by atoms with E-state index in [2.05, 4.69) is 25.4 Å². The second-order valence-corrected chi connectivity index (χ2v) is 7.39. The van der Waals surface area contributed by atoms with Gasteiger partial charge in [0.15, 0.2) is 28.7 Å². The monoisotopic (exact) mass is 523 g/mol. The zero-order valence-electron chi connectivity index (χ0n) is 19.3. The molecule has 0 bridgehead atoms. The minimum Gasteiger partial charge on any atom is -0.493 e. The molecule has 4 rings (SSSR count). The van der Waals surface area contributed by atoms with Gasteiger partial charge in [0.25, 0.3) is 0 Å². The number of hydrogen-bond acceptors (Lipinski definition) is 10. The van der Waals surface area contributed by atoms with E-state index in [-0.39, 0.29) is 33.3 Å². The first-order valence-electron chi connectivity index (χ1n) is 10.2. The van der Waals surface area contributed by atoms with Crippen LogP contribution < -0.4 is 30.7 Å². The highest BCUT2D eigenvalue weighted by Gasteiger charge is 2.42. The Hall–Kier alpha value is -4.82. The predicted molar refractivity (Wildman–Crippen MR) is 121 cm³/mol. The third-order valence-corrected chi connectivity index (χ3v) is 4.87. The van der Waals surface area contributed by atoms with E-state index in [0.717, 1.165) is 17.8 Å². The second-order valence-electron chi connectivity index (χ2n) is 7.39. The fourth-order valence-corrected chi connectivity index (χ4v) is 3.30. The van der Waals surface area contributed by atoms with Crippen molar-refractivity contribution in [3.63, 3.8) is 0 Å². The Morgan fingerprint density at radius 2 is 1.84 bits per heavy atom. The lowest BCUT2D eigenvalue weighted by Gasteiger charge is -2.14. The van der Waals surface area contributed by atoms with Gasteiger partial charge in [-0.2, -0.15) is 18.2 Å². The molecule has 2 heterocycles. The number of halogens is 4. The van der Waals surface area contributed by atoms with E-state index in [0.29, 0.717) is 17.2 Å². The molecule has 11 nitrogen and oxygen atoms in total. The van der Waals surface area contributed by atoms with E-state index in [1.807, 2.05) is 0 Å². The molecule has 0 radical (unpaired) electrons. The zero-order chi connectivity index (χ0) is 26.9. The number of aryl methyl sites for hydroxylation is 1. The van der Waals surface area contributed by atoms with Crippen molar-refractivity contribution >= 4 is 40.2 Å². The average Bonchev–Trinajstić information content (AvgIpc) is 3.14. The summed E-state index contributed by atoms with van der Waals surface area (Å²) >= 11 is 0. The van der Waals surface area contributed by atoms with Crippen LogP contribution in [0.4, 0.5) is 40.7 Å². The van der Waals surface area contributed by atoms with Crippen LogP contribution in [-0.2, 0) is 4.79 Å². The molecule has 0 aliphatic heterocycles. The number of nitrogens with one attached hydrogen (secondary N) is 2. The zero-order valence-corrected chi connectivity index (χ0v) is 19.3. The van der Waals surface area contributed by atoms with Gasteiger partial charge < -0.3 is 29.4 Å². The van der Waals surface area contributed by atoms with Gasteiger partial charge in [-0.3, -0.25) is 0 Å². The Labute approximate surface area is 204 Å². The van der Waals surface area contributed by atoms with E-state index < -0.39 is 23.7 Å². The Morgan fingerprint density at radius 1 is 1.08 bits per heavy atom. The topological polar surface area (TPSA) is 130 Å². The third-order valence-electron chi connectivity index (χ3n) is 4.87. The summed E-state index contributed by atoms with van der Waals surface area (Å²) < 4.78 is 67.6. The molecule has 4 aromatic rings. The number of aromatic nitrogens is 3. The summed E-state index contributed by atoms with van der Waals surface area (Å²) in [5.74, 6) is -4.19. The molecule has 2 aromatic carbocycles. The SMILES string of the molecule is COc1cc(Nc2ncc(F)c(Nc3ccc4oc(=O)n(OC(=O)C(F)(F)F)c4c3)n2)cc(C)c1OC. The lowest BCUT2D eigenvalue weighted by atomic mass is 10.2. The molecule has 2 aromatic heterocycles. The molecule has 2 N–H and O–H groups in total. The maximum absolute atomic E-state index is 14.5. The number of alkyl halides is 3. The fraction of sp³-hybridized carbons (Fsp3) is 0.182. The van der Waals surface area contributed by atoms with E-state index in [4.69, 9.17) is 13.9 Å². The summed E-state index contributed by atoms with van der Waals surface area (Å²) in [5, 5.41) is 5.55. The summed E-state index contributed by atoms with van der Waals surface area (Å²) in [6.07, 6.45) is -4.46. The number of methoxy groups -OCH3 is 2. The van der Waals surface area contributed by atoms with E-state index in [9.17, 15) is 27.2 Å². The second kappa shape index (κ2) is 9.67. The smallest absolute Gasteiger partial charge is 0.493 e. The van der Waals surface area contributed by atoms with E-state index >= 15 is 0 Å². The van der Waals surface area contributed by atoms with Crippen molar-refractivity contribution in [1.82, 2.24) is 14.7 Å². The number of oxazole rings is 1. The number of hydrogen-bond donors (Lipinski definition) is 2. The Kier molecular flexibility index (Phi) is 6.61. The first-order valence-corrected chi connectivity index (χ1v) is 10.2. The first kappa shape index (κ1) is 25.3. The van der Waals surface area contributed by atoms with Crippen LogP contribution in [-0.4, -0.2) is 41.1 Å². The summed E-state index contributed by atoms with van der Waals surface area (Å²) in [4.78, 5) is 35.1. The normalized spacial score (nSPS) is 11.3. The number of fused-ring (bicyclic) bond motifs is 1. The maximum atomic E-state index is 14.5. The molecule has 0 saturated heterocycles. The van der Waals surface area contributed by atoms with Gasteiger partial charge in [-0.1, -0.05) is 4.73 Å². The van der Waals surface area contributed by atoms with E-state index in [1.54, 1.807) is 19.1 Å². The highest BCUT2D eigenvalue weighted by Crippen LogP contribution is 2.35. The molecule has 37 heavy (non-hydrogen) atoms. The molecular formula is C22H17F4N5O6. The van der Waals surface area contributed by atoms with Gasteiger partial charge >= 0.3 is 17.9 Å². The third kappa shape index (κ3) is 5.24. The Balaban J connectivity index is 1.62. The van der Waals surface area contributed by atoms with Crippen molar-refractivity contribution in [3.8, 4) is 11.5 Å². The number of carbonyl (C=O) groups excluding carboxylic acids is 1. The number of carbonyl (C=O) groups is 1. The molecule has 0 spiro atoms. The van der Waals surface area contributed by atoms with Crippen LogP contribution in [0, 0.1) is 12.7 Å². The summed E-state index contributed by atoms with van der Waals surface area (Å²) in [6, 6.07) is 7.01. The highest BCUT2D eigenvalue weighted by atomic mass is 19.4. The van der Waals surface area contributed by atoms with Gasteiger partial charge in [0.1, 0.15) is 5.52 Å². The summed E-state index contributed by atoms with van der Waals surface area (Å²) in [7, 11) is 2.97. The van der Waals surface area contributed by atoms with Crippen LogP contribution in [0.15, 0.2) is 45.7 Å². The van der Waals surface area contributed by atoms with Gasteiger partial charge in [-0.05, 0) is 36.8 Å². The first-order chi connectivity index (χ1) is 17.5. The van der Waals surface area contributed by atoms with E-state index in [1.165, 1.54) is 26.4 Å². The molecule has 0 amide bonds. The van der Waals surface area contributed by atoms with Gasteiger partial charge in [-0.25, -0.2) is 19.0 Å². The number of nitrogens with zero attached hydrogens (tertiary/aromatic N) is 3. The van der Waals surface area contributed by atoms with Crippen molar-refractivity contribution in [3.05, 3.63) is 58.5 Å². The lowest BCUT2D eigenvalue weighted by Crippen LogP contribution is -2.36. The van der Waals surface area contributed by atoms with Crippen LogP contribution in [0.3, 0.4) is 0 Å². The largest absolute Gasteiger partial charge is 0.493 e. The van der Waals surface area contributed by atoms with Crippen molar-refractivity contribution in [2.75, 3.05) is 24.9 Å². The molecule has 0 saturated carbocycles. The number of anilines is 4. The molecular weight excluding hydrogens is 506 g/mol. The molecule has 15 heteroatoms. The number of rotatable bonds is 7. The minimum absolute atomic E-state index is 0.00377. The predicted octanol–water partition coefficient (Wildman–Crippen LogP) is 3.85. The van der Waals surface area contributed by atoms with Crippen molar-refractivity contribution < 1.29 is 41.1 Å². The van der Waals surface area contributed by atoms with Crippen LogP contribution >= 0.6 is 0 Å². The quantitative estimate of drug-likeness (QED) is 0.345. The Morgan fingerprint density at radius 3 is 2.51 bits per heavy atom. The molecule has 0 aliphatic carbocycles. The molecule has 0 atom stereocenters. The number of benzene rings is 2. The van der Waals surface area contributed by atoms with Gasteiger partial charge in [0.05, 0.1) is 20.4 Å². The van der Waals surface area contributed by atoms with Crippen LogP contribution in [0.25, 0.3) is 11.1 Å². The van der Waals surface area contributed by atoms with Gasteiger partial charge in [-0.15, -0.1) is 0 Å². The number of ether oxygens (including phenoxy) is 2. The maximum Gasteiger partial charge on any atom is 0.493 e. The van der Waals surface area contributed by atoms with Gasteiger partial charge in [0.2, 0.25) is 5.95 Å². The fourth-order valence-electron chi connectivity index (χ4n) is 3.30. The minimum atomic E-state index is -5.35. The molecule has 0 unspecified atom stereocenters. The molecule has 0 aliphatic rings. The molecule has 194 valence electrons. The van der Waals surface area contributed by atoms with Crippen molar-refractivity contribution in [1.29, 1.82) is 0 Å². The van der Waals surface area contributed by atoms with Gasteiger partial charge in [0, 0.05) is 17.4 Å². The average molecular weight is 523 g/mol. The van der Waals surface area contributed by atoms with Crippen LogP contribution in [0.5, 0.6) is 11.5 Å². The highest BCUT2D eigenvalue weighted by molar-refractivity contribution is 5.81. The molecule has 0 fully saturated rings. The standard InChI is InChI=1S/C22H17F4N5O6/c1-10-6-12(8-16(34-2)17(10)35-3)29-20-27-9-13(23)18(30-20)28-11-4-5-15-14(7-11)31(21(33)36-15)37-19(32)22(24,25)26/h4-9H,1-3H3,(H2,27,28,29,30). The lowest BCUT2D eigenvalue weighted by molar-refractivity contribution is -0.200. The van der Waals surface area contributed by atoms with Crippen molar-refractivity contribution in [2.45, 2.75) is 13.1 Å². The Bertz CT molecular complexity index is 1550. The summed E-state index contributed by atoms with van der Waals surface area (Å²) in [6.45, 7) is 1.79. The summed E-state index contributed by atoms with van der Waals surface area (Å²) in [5.41, 5.74) is 0.843.